The van der Waals surface area contributed by atoms with Gasteiger partial charge in [-0.05, 0) is 25.8 Å². The predicted molar refractivity (Wildman–Crippen MR) is 63.4 cm³/mol. The Kier molecular flexibility index (Phi) is 33.6. The summed E-state index contributed by atoms with van der Waals surface area (Å²) in [4.78, 5) is 0. The first-order valence-corrected chi connectivity index (χ1v) is 5.67. The second kappa shape index (κ2) is 22.5. The molecular formula is C10H25NS. The molecule has 0 aromatic rings. The Morgan fingerprint density at radius 1 is 1.25 bits per heavy atom. The molecule has 0 saturated carbocycles. The zero-order valence-electron chi connectivity index (χ0n) is 9.69. The molecule has 76 valence electrons. The van der Waals surface area contributed by atoms with E-state index in [1.54, 1.807) is 11.9 Å². The van der Waals surface area contributed by atoms with Crippen molar-refractivity contribution in [3.05, 3.63) is 11.0 Å². The van der Waals surface area contributed by atoms with Gasteiger partial charge in [0.2, 0.25) is 0 Å². The van der Waals surface area contributed by atoms with Crippen LogP contribution in [0.1, 0.15) is 48.0 Å². The van der Waals surface area contributed by atoms with Gasteiger partial charge in [-0.15, -0.1) is 0 Å². The van der Waals surface area contributed by atoms with Gasteiger partial charge in [0.15, 0.2) is 0 Å². The summed E-state index contributed by atoms with van der Waals surface area (Å²) in [5.41, 5.74) is 1.42. The molecule has 0 bridgehead atoms. The summed E-state index contributed by atoms with van der Waals surface area (Å²) in [5.74, 6) is 0. The van der Waals surface area contributed by atoms with Gasteiger partial charge in [0.1, 0.15) is 0 Å². The van der Waals surface area contributed by atoms with Crippen molar-refractivity contribution in [2.45, 2.75) is 48.0 Å². The van der Waals surface area contributed by atoms with Crippen LogP contribution in [0.15, 0.2) is 11.0 Å². The SMILES string of the molecule is CC.CC.CC/C(C)=C/SNC. The third kappa shape index (κ3) is 22.5. The molecule has 0 aliphatic carbocycles. The van der Waals surface area contributed by atoms with E-state index < -0.39 is 0 Å². The first-order chi connectivity index (χ1) is 5.81. The molecule has 0 amide bonds. The monoisotopic (exact) mass is 191 g/mol. The summed E-state index contributed by atoms with van der Waals surface area (Å²) in [5, 5.41) is 2.12. The normalized spacial score (nSPS) is 9.08. The topological polar surface area (TPSA) is 12.0 Å². The van der Waals surface area contributed by atoms with Crippen molar-refractivity contribution in [2.24, 2.45) is 0 Å². The Bertz CT molecular complexity index is 79.9. The molecule has 0 aliphatic heterocycles. The van der Waals surface area contributed by atoms with Gasteiger partial charge in [0.05, 0.1) is 0 Å². The molecule has 0 fully saturated rings. The first kappa shape index (κ1) is 18.0. The average molecular weight is 191 g/mol. The summed E-state index contributed by atoms with van der Waals surface area (Å²) in [6.07, 6.45) is 1.15. The lowest BCUT2D eigenvalue weighted by Gasteiger charge is -1.91. The zero-order chi connectivity index (χ0) is 10.4. The van der Waals surface area contributed by atoms with Crippen LogP contribution in [0, 0.1) is 0 Å². The van der Waals surface area contributed by atoms with Crippen LogP contribution < -0.4 is 4.72 Å². The van der Waals surface area contributed by atoms with Crippen LogP contribution in [0.4, 0.5) is 0 Å². The lowest BCUT2D eigenvalue weighted by Crippen LogP contribution is -1.86. The Balaban J connectivity index is -0.000000175. The lowest BCUT2D eigenvalue weighted by molar-refractivity contribution is 1.11. The van der Waals surface area contributed by atoms with Crippen molar-refractivity contribution >= 4 is 11.9 Å². The molecule has 0 aromatic heterocycles. The summed E-state index contributed by atoms with van der Waals surface area (Å²) in [6, 6.07) is 0. The van der Waals surface area contributed by atoms with Crippen LogP contribution in [0.3, 0.4) is 0 Å². The van der Waals surface area contributed by atoms with Gasteiger partial charge in [-0.3, -0.25) is 4.72 Å². The quantitative estimate of drug-likeness (QED) is 0.670. The molecule has 0 atom stereocenters. The van der Waals surface area contributed by atoms with Gasteiger partial charge in [-0.2, -0.15) is 0 Å². The molecule has 12 heavy (non-hydrogen) atoms. The van der Waals surface area contributed by atoms with Crippen molar-refractivity contribution in [3.63, 3.8) is 0 Å². The molecule has 0 spiro atoms. The minimum absolute atomic E-state index is 1.15. The fraction of sp³-hybridized carbons (Fsp3) is 0.800. The maximum Gasteiger partial charge on any atom is -0.00533 e. The highest BCUT2D eigenvalue weighted by molar-refractivity contribution is 8.00. The molecule has 2 heteroatoms. The van der Waals surface area contributed by atoms with Crippen LogP contribution in [0.2, 0.25) is 0 Å². The van der Waals surface area contributed by atoms with E-state index in [0.717, 1.165) is 6.42 Å². The summed E-state index contributed by atoms with van der Waals surface area (Å²) in [7, 11) is 1.92. The predicted octanol–water partition coefficient (Wildman–Crippen LogP) is 4.22. The van der Waals surface area contributed by atoms with Crippen LogP contribution in [0.25, 0.3) is 0 Å². The van der Waals surface area contributed by atoms with Crippen LogP contribution in [0.5, 0.6) is 0 Å². The number of hydrogen-bond donors (Lipinski definition) is 1. The third-order valence-corrected chi connectivity index (χ3v) is 1.69. The van der Waals surface area contributed by atoms with E-state index in [4.69, 9.17) is 0 Å². The van der Waals surface area contributed by atoms with Gasteiger partial charge in [-0.1, -0.05) is 52.1 Å². The van der Waals surface area contributed by atoms with E-state index in [2.05, 4.69) is 24.0 Å². The van der Waals surface area contributed by atoms with Crippen LogP contribution in [-0.2, 0) is 0 Å². The molecular weight excluding hydrogens is 166 g/mol. The van der Waals surface area contributed by atoms with Crippen molar-refractivity contribution in [3.8, 4) is 0 Å². The molecule has 0 aromatic carbocycles. The second-order valence-corrected chi connectivity index (χ2v) is 2.52. The summed E-state index contributed by atoms with van der Waals surface area (Å²) in [6.45, 7) is 12.3. The highest BCUT2D eigenvalue weighted by Gasteiger charge is 1.79. The smallest absolute Gasteiger partial charge is 0.00533 e. The summed E-state index contributed by atoms with van der Waals surface area (Å²) < 4.78 is 2.97. The van der Waals surface area contributed by atoms with Gasteiger partial charge >= 0.3 is 0 Å². The minimum Gasteiger partial charge on any atom is -0.264 e. The fourth-order valence-corrected chi connectivity index (χ4v) is 0.729. The molecule has 1 N–H and O–H groups in total. The lowest BCUT2D eigenvalue weighted by atomic mass is 10.3. The van der Waals surface area contributed by atoms with Crippen LogP contribution in [-0.4, -0.2) is 7.05 Å². The van der Waals surface area contributed by atoms with E-state index >= 15 is 0 Å². The van der Waals surface area contributed by atoms with Crippen LogP contribution >= 0.6 is 11.9 Å². The number of hydrogen-bond acceptors (Lipinski definition) is 2. The molecule has 0 heterocycles. The number of rotatable bonds is 3. The Hall–Kier alpha value is 0.0500. The second-order valence-electron chi connectivity index (χ2n) is 1.64. The maximum atomic E-state index is 2.97. The van der Waals surface area contributed by atoms with Gasteiger partial charge in [0.25, 0.3) is 0 Å². The first-order valence-electron chi connectivity index (χ1n) is 4.79. The van der Waals surface area contributed by atoms with E-state index in [-0.39, 0.29) is 0 Å². The largest absolute Gasteiger partial charge is 0.264 e. The highest BCUT2D eigenvalue weighted by Crippen LogP contribution is 2.04. The molecule has 0 unspecified atom stereocenters. The van der Waals surface area contributed by atoms with Gasteiger partial charge < -0.3 is 0 Å². The minimum atomic E-state index is 1.15. The fourth-order valence-electron chi connectivity index (χ4n) is 0.243. The van der Waals surface area contributed by atoms with Gasteiger partial charge in [-0.25, -0.2) is 0 Å². The zero-order valence-corrected chi connectivity index (χ0v) is 10.5. The van der Waals surface area contributed by atoms with Crippen molar-refractivity contribution in [1.29, 1.82) is 0 Å². The van der Waals surface area contributed by atoms with Crippen molar-refractivity contribution in [1.82, 2.24) is 4.72 Å². The van der Waals surface area contributed by atoms with E-state index in [9.17, 15) is 0 Å². The third-order valence-electron chi connectivity index (χ3n) is 0.936. The number of allylic oxidation sites excluding steroid dienone is 1. The molecule has 0 rings (SSSR count). The van der Waals surface area contributed by atoms with E-state index in [1.807, 2.05) is 34.7 Å². The molecule has 0 radical (unpaired) electrons. The van der Waals surface area contributed by atoms with Crippen molar-refractivity contribution < 1.29 is 0 Å². The maximum absolute atomic E-state index is 2.97. The van der Waals surface area contributed by atoms with Crippen molar-refractivity contribution in [2.75, 3.05) is 7.05 Å². The van der Waals surface area contributed by atoms with Gasteiger partial charge in [0, 0.05) is 0 Å². The highest BCUT2D eigenvalue weighted by atomic mass is 32.2. The van der Waals surface area contributed by atoms with E-state index in [0.29, 0.717) is 0 Å². The summed E-state index contributed by atoms with van der Waals surface area (Å²) >= 11 is 1.63. The Morgan fingerprint density at radius 3 is 1.92 bits per heavy atom. The standard InChI is InChI=1S/C6H13NS.2C2H6/c1-4-6(2)5-8-7-3;2*1-2/h5,7H,4H2,1-3H3;2*1-2H3/b6-5+;;. The molecule has 1 nitrogen and oxygen atoms in total. The number of nitrogens with one attached hydrogen (secondary N) is 1. The average Bonchev–Trinajstić information content (AvgIpc) is 2.20. The Labute approximate surface area is 83.2 Å². The Morgan fingerprint density at radius 2 is 1.67 bits per heavy atom. The molecule has 0 saturated heterocycles. The van der Waals surface area contributed by atoms with E-state index in [1.165, 1.54) is 5.57 Å². The molecule has 0 aliphatic rings.